The summed E-state index contributed by atoms with van der Waals surface area (Å²) in [7, 11) is -3.79. The number of hydrogen-bond acceptors (Lipinski definition) is 4. The van der Waals surface area contributed by atoms with Crippen molar-refractivity contribution in [2.24, 2.45) is 0 Å². The molecule has 0 unspecified atom stereocenters. The number of imidazole rings is 1. The number of ether oxygens (including phenoxy) is 1. The van der Waals surface area contributed by atoms with Gasteiger partial charge in [-0.2, -0.15) is 0 Å². The van der Waals surface area contributed by atoms with Gasteiger partial charge in [0.15, 0.2) is 0 Å². The molecule has 1 atom stereocenters. The average Bonchev–Trinajstić information content (AvgIpc) is 2.98. The van der Waals surface area contributed by atoms with Gasteiger partial charge < -0.3 is 9.30 Å². The van der Waals surface area contributed by atoms with Crippen LogP contribution in [0.25, 0.3) is 11.0 Å². The lowest BCUT2D eigenvalue weighted by Gasteiger charge is -2.26. The van der Waals surface area contributed by atoms with E-state index in [1.54, 1.807) is 6.07 Å². The Morgan fingerprint density at radius 2 is 1.88 bits per heavy atom. The van der Waals surface area contributed by atoms with Crippen molar-refractivity contribution in [3.05, 3.63) is 59.9 Å². The fourth-order valence-corrected chi connectivity index (χ4v) is 4.12. The minimum absolute atomic E-state index is 0.0200. The number of fused-ring (bicyclic) bond motifs is 3. The summed E-state index contributed by atoms with van der Waals surface area (Å²) < 4.78 is 61.1. The van der Waals surface area contributed by atoms with E-state index < -0.39 is 15.8 Å². The van der Waals surface area contributed by atoms with E-state index >= 15 is 0 Å². The van der Waals surface area contributed by atoms with Gasteiger partial charge in [-0.25, -0.2) is 26.9 Å². The lowest BCUT2D eigenvalue weighted by atomic mass is 10.2. The number of nitrogens with one attached hydrogen (secondary N) is 1. The highest BCUT2D eigenvalue weighted by Gasteiger charge is 2.26. The van der Waals surface area contributed by atoms with Crippen LogP contribution in [0.5, 0.6) is 0 Å². The molecular weight excluding hydrogens is 364 g/mol. The number of rotatable bonds is 4. The van der Waals surface area contributed by atoms with E-state index in [1.165, 1.54) is 24.3 Å². The first-order valence-electron chi connectivity index (χ1n) is 7.93. The molecule has 0 saturated carbocycles. The zero-order valence-electron chi connectivity index (χ0n) is 13.5. The summed E-state index contributed by atoms with van der Waals surface area (Å²) >= 11 is 0. The van der Waals surface area contributed by atoms with Crippen molar-refractivity contribution in [1.29, 1.82) is 0 Å². The van der Waals surface area contributed by atoms with Crippen LogP contribution in [0.2, 0.25) is 0 Å². The molecule has 0 amide bonds. The van der Waals surface area contributed by atoms with Crippen LogP contribution in [-0.4, -0.2) is 31.1 Å². The molecule has 0 fully saturated rings. The monoisotopic (exact) mass is 379 g/mol. The van der Waals surface area contributed by atoms with Gasteiger partial charge in [-0.15, -0.1) is 0 Å². The van der Waals surface area contributed by atoms with E-state index in [4.69, 9.17) is 4.74 Å². The Morgan fingerprint density at radius 3 is 2.65 bits per heavy atom. The molecule has 6 nitrogen and oxygen atoms in total. The van der Waals surface area contributed by atoms with E-state index in [-0.39, 0.29) is 29.9 Å². The summed E-state index contributed by atoms with van der Waals surface area (Å²) in [4.78, 5) is 4.34. The first-order chi connectivity index (χ1) is 12.4. The SMILES string of the molecule is O=S(=O)(NC[C@H]1COCc2nc3cc(F)ccc3n21)c1ccc(F)cc1. The second kappa shape index (κ2) is 6.42. The topological polar surface area (TPSA) is 73.2 Å². The van der Waals surface area contributed by atoms with Crippen molar-refractivity contribution in [2.75, 3.05) is 13.2 Å². The fraction of sp³-hybridized carbons (Fsp3) is 0.235. The van der Waals surface area contributed by atoms with Gasteiger partial charge in [0.05, 0.1) is 28.6 Å². The first-order valence-corrected chi connectivity index (χ1v) is 9.42. The van der Waals surface area contributed by atoms with Crippen molar-refractivity contribution >= 4 is 21.1 Å². The largest absolute Gasteiger partial charge is 0.371 e. The Kier molecular flexibility index (Phi) is 4.22. The molecule has 1 N–H and O–H groups in total. The van der Waals surface area contributed by atoms with E-state index in [1.807, 2.05) is 4.57 Å². The highest BCUT2D eigenvalue weighted by molar-refractivity contribution is 7.89. The van der Waals surface area contributed by atoms with Crippen LogP contribution in [0, 0.1) is 11.6 Å². The van der Waals surface area contributed by atoms with Crippen molar-refractivity contribution in [1.82, 2.24) is 14.3 Å². The molecule has 0 saturated heterocycles. The van der Waals surface area contributed by atoms with E-state index in [0.29, 0.717) is 17.9 Å². The maximum atomic E-state index is 13.4. The first kappa shape index (κ1) is 17.1. The van der Waals surface area contributed by atoms with Crippen molar-refractivity contribution < 1.29 is 21.9 Å². The molecule has 4 rings (SSSR count). The van der Waals surface area contributed by atoms with Gasteiger partial charge >= 0.3 is 0 Å². The number of benzene rings is 2. The lowest BCUT2D eigenvalue weighted by molar-refractivity contribution is 0.0581. The maximum Gasteiger partial charge on any atom is 0.240 e. The molecule has 1 aliphatic rings. The zero-order chi connectivity index (χ0) is 18.3. The molecule has 2 aromatic carbocycles. The Balaban J connectivity index is 1.61. The average molecular weight is 379 g/mol. The molecule has 3 aromatic rings. The number of halogens is 2. The second-order valence-electron chi connectivity index (χ2n) is 6.01. The molecule has 0 bridgehead atoms. The molecule has 2 heterocycles. The third-order valence-corrected chi connectivity index (χ3v) is 5.70. The zero-order valence-corrected chi connectivity index (χ0v) is 14.3. The van der Waals surface area contributed by atoms with Crippen LogP contribution in [0.3, 0.4) is 0 Å². The van der Waals surface area contributed by atoms with Crippen molar-refractivity contribution in [3.63, 3.8) is 0 Å². The third kappa shape index (κ3) is 3.09. The normalized spacial score (nSPS) is 17.4. The predicted octanol–water partition coefficient (Wildman–Crippen LogP) is 2.36. The molecule has 1 aromatic heterocycles. The number of aromatic nitrogens is 2. The Hall–Kier alpha value is -2.36. The van der Waals surface area contributed by atoms with Gasteiger partial charge in [0.25, 0.3) is 0 Å². The molecule has 26 heavy (non-hydrogen) atoms. The smallest absolute Gasteiger partial charge is 0.240 e. The molecule has 1 aliphatic heterocycles. The van der Waals surface area contributed by atoms with Gasteiger partial charge in [-0.1, -0.05) is 0 Å². The van der Waals surface area contributed by atoms with Crippen LogP contribution >= 0.6 is 0 Å². The molecule has 0 aliphatic carbocycles. The summed E-state index contributed by atoms with van der Waals surface area (Å²) in [6, 6.07) is 8.55. The van der Waals surface area contributed by atoms with Gasteiger partial charge in [0.1, 0.15) is 24.1 Å². The van der Waals surface area contributed by atoms with Crippen LogP contribution in [0.4, 0.5) is 8.78 Å². The van der Waals surface area contributed by atoms with Gasteiger partial charge in [-0.3, -0.25) is 0 Å². The van der Waals surface area contributed by atoms with E-state index in [0.717, 1.165) is 17.6 Å². The lowest BCUT2D eigenvalue weighted by Crippen LogP contribution is -2.35. The van der Waals surface area contributed by atoms with Crippen LogP contribution < -0.4 is 4.72 Å². The molecule has 9 heteroatoms. The standard InChI is InChI=1S/C17H15F2N3O3S/c18-11-1-4-14(5-2-11)26(23,24)20-8-13-9-25-10-17-21-15-7-12(19)3-6-16(15)22(13)17/h1-7,13,20H,8-10H2/t13-/m0/s1. The quantitative estimate of drug-likeness (QED) is 0.755. The van der Waals surface area contributed by atoms with Gasteiger partial charge in [-0.05, 0) is 36.4 Å². The maximum absolute atomic E-state index is 13.4. The van der Waals surface area contributed by atoms with Gasteiger partial charge in [0.2, 0.25) is 10.0 Å². The minimum Gasteiger partial charge on any atom is -0.371 e. The van der Waals surface area contributed by atoms with E-state index in [9.17, 15) is 17.2 Å². The summed E-state index contributed by atoms with van der Waals surface area (Å²) in [5.74, 6) is -0.281. The summed E-state index contributed by atoms with van der Waals surface area (Å²) in [6.45, 7) is 0.634. The summed E-state index contributed by atoms with van der Waals surface area (Å²) in [5.41, 5.74) is 1.22. The van der Waals surface area contributed by atoms with E-state index in [2.05, 4.69) is 9.71 Å². The van der Waals surface area contributed by atoms with Crippen molar-refractivity contribution in [2.45, 2.75) is 17.5 Å². The molecule has 0 radical (unpaired) electrons. The third-order valence-electron chi connectivity index (χ3n) is 4.26. The molecular formula is C17H15F2N3O3S. The minimum atomic E-state index is -3.79. The summed E-state index contributed by atoms with van der Waals surface area (Å²) in [5, 5.41) is 0. The van der Waals surface area contributed by atoms with Crippen LogP contribution in [-0.2, 0) is 21.4 Å². The summed E-state index contributed by atoms with van der Waals surface area (Å²) in [6.07, 6.45) is 0. The Bertz CT molecular complexity index is 1060. The van der Waals surface area contributed by atoms with Gasteiger partial charge in [0, 0.05) is 12.6 Å². The Morgan fingerprint density at radius 1 is 1.15 bits per heavy atom. The van der Waals surface area contributed by atoms with Crippen LogP contribution in [0.1, 0.15) is 11.9 Å². The highest BCUT2D eigenvalue weighted by atomic mass is 32.2. The predicted molar refractivity (Wildman–Crippen MR) is 90.0 cm³/mol. The second-order valence-corrected chi connectivity index (χ2v) is 7.77. The molecule has 0 spiro atoms. The van der Waals surface area contributed by atoms with Crippen molar-refractivity contribution in [3.8, 4) is 0 Å². The number of sulfonamides is 1. The number of hydrogen-bond donors (Lipinski definition) is 1. The highest BCUT2D eigenvalue weighted by Crippen LogP contribution is 2.26. The van der Waals surface area contributed by atoms with Crippen LogP contribution in [0.15, 0.2) is 47.4 Å². The fourth-order valence-electron chi connectivity index (χ4n) is 3.05. The molecule has 136 valence electrons. The number of nitrogens with zero attached hydrogens (tertiary/aromatic N) is 2. The Labute approximate surface area is 148 Å².